The van der Waals surface area contributed by atoms with E-state index in [1.807, 2.05) is 30.3 Å². The van der Waals surface area contributed by atoms with E-state index >= 15 is 0 Å². The average Bonchev–Trinajstić information content (AvgIpc) is 3.22. The van der Waals surface area contributed by atoms with E-state index in [-0.39, 0.29) is 11.6 Å². The highest BCUT2D eigenvalue weighted by Gasteiger charge is 2.13. The van der Waals surface area contributed by atoms with Crippen molar-refractivity contribution < 1.29 is 9.72 Å². The molecule has 1 aromatic heterocycles. The van der Waals surface area contributed by atoms with Crippen molar-refractivity contribution in [1.82, 2.24) is 15.1 Å². The number of nitrogens with one attached hydrogen (secondary N) is 1. The molecule has 1 amide bonds. The summed E-state index contributed by atoms with van der Waals surface area (Å²) < 4.78 is 0. The van der Waals surface area contributed by atoms with Gasteiger partial charge in [-0.05, 0) is 37.5 Å². The summed E-state index contributed by atoms with van der Waals surface area (Å²) in [4.78, 5) is 24.3. The lowest BCUT2D eigenvalue weighted by atomic mass is 10.1. The van der Waals surface area contributed by atoms with Crippen molar-refractivity contribution in [3.8, 4) is 11.3 Å². The largest absolute Gasteiger partial charge is 0.342 e. The fourth-order valence-corrected chi connectivity index (χ4v) is 3.14. The molecule has 150 valence electrons. The van der Waals surface area contributed by atoms with Gasteiger partial charge >= 0.3 is 0 Å². The van der Waals surface area contributed by atoms with E-state index in [9.17, 15) is 14.9 Å². The first kappa shape index (κ1) is 20.3. The molecule has 0 unspecified atom stereocenters. The van der Waals surface area contributed by atoms with Crippen molar-refractivity contribution in [3.05, 3.63) is 82.0 Å². The van der Waals surface area contributed by atoms with Crippen molar-refractivity contribution in [3.63, 3.8) is 0 Å². The number of aromatic nitrogens is 2. The Balaban J connectivity index is 1.39. The van der Waals surface area contributed by atoms with Crippen LogP contribution in [0.4, 0.5) is 5.69 Å². The van der Waals surface area contributed by atoms with Gasteiger partial charge in [-0.25, -0.2) is 0 Å². The molecule has 0 aliphatic rings. The quantitative estimate of drug-likeness (QED) is 0.330. The highest BCUT2D eigenvalue weighted by molar-refractivity contribution is 5.94. The monoisotopic (exact) mass is 392 g/mol. The van der Waals surface area contributed by atoms with Crippen molar-refractivity contribution >= 4 is 11.6 Å². The van der Waals surface area contributed by atoms with E-state index in [0.717, 1.165) is 42.6 Å². The maximum atomic E-state index is 12.4. The molecule has 1 heterocycles. The van der Waals surface area contributed by atoms with Crippen LogP contribution < -0.4 is 0 Å². The van der Waals surface area contributed by atoms with E-state index in [1.165, 1.54) is 24.3 Å². The Bertz CT molecular complexity index is 952. The first-order chi connectivity index (χ1) is 14.0. The van der Waals surface area contributed by atoms with Gasteiger partial charge in [0.15, 0.2) is 0 Å². The molecule has 0 radical (unpaired) electrons. The molecular weight excluding hydrogens is 368 g/mol. The summed E-state index contributed by atoms with van der Waals surface area (Å²) in [5.74, 6) is -0.124. The lowest BCUT2D eigenvalue weighted by Gasteiger charge is -2.17. The zero-order valence-corrected chi connectivity index (χ0v) is 16.4. The Morgan fingerprint density at radius 3 is 2.48 bits per heavy atom. The fourth-order valence-electron chi connectivity index (χ4n) is 3.14. The molecule has 0 atom stereocenters. The molecule has 1 N–H and O–H groups in total. The SMILES string of the molecule is CN(CCCCCc1cc(-c2ccccc2)n[nH]1)C(=O)c1ccc([N+](=O)[O-])cc1. The zero-order valence-electron chi connectivity index (χ0n) is 16.4. The molecule has 29 heavy (non-hydrogen) atoms. The summed E-state index contributed by atoms with van der Waals surface area (Å²) in [6.45, 7) is 0.647. The number of carbonyl (C=O) groups excluding carboxylic acids is 1. The summed E-state index contributed by atoms with van der Waals surface area (Å²) in [5.41, 5.74) is 3.61. The molecule has 7 heteroatoms. The molecule has 0 bridgehead atoms. The number of hydrogen-bond acceptors (Lipinski definition) is 4. The Hall–Kier alpha value is -3.48. The standard InChI is InChI=1S/C22H24N4O3/c1-25(22(27)18-11-13-20(14-12-18)26(28)29)15-7-3-6-10-19-16-21(24-23-19)17-8-4-2-5-9-17/h2,4-5,8-9,11-14,16H,3,6-7,10,15H2,1H3,(H,23,24). The minimum atomic E-state index is -0.472. The number of nitro groups is 1. The number of unbranched alkanes of at least 4 members (excludes halogenated alkanes) is 2. The molecule has 0 aliphatic heterocycles. The number of amides is 1. The fraction of sp³-hybridized carbons (Fsp3) is 0.273. The van der Waals surface area contributed by atoms with Crippen LogP contribution in [-0.2, 0) is 6.42 Å². The zero-order chi connectivity index (χ0) is 20.6. The van der Waals surface area contributed by atoms with Crippen molar-refractivity contribution in [2.75, 3.05) is 13.6 Å². The van der Waals surface area contributed by atoms with Crippen LogP contribution in [0.3, 0.4) is 0 Å². The minimum Gasteiger partial charge on any atom is -0.342 e. The summed E-state index contributed by atoms with van der Waals surface area (Å²) in [6, 6.07) is 17.9. The molecule has 2 aromatic carbocycles. The normalized spacial score (nSPS) is 10.7. The second-order valence-corrected chi connectivity index (χ2v) is 6.99. The number of benzene rings is 2. The van der Waals surface area contributed by atoms with Crippen LogP contribution in [0.25, 0.3) is 11.3 Å². The summed E-state index contributed by atoms with van der Waals surface area (Å²) in [6.07, 6.45) is 3.82. The molecule has 3 aromatic rings. The van der Waals surface area contributed by atoms with Gasteiger partial charge in [-0.2, -0.15) is 5.10 Å². The van der Waals surface area contributed by atoms with Crippen LogP contribution in [0.15, 0.2) is 60.7 Å². The minimum absolute atomic E-state index is 0.0153. The topological polar surface area (TPSA) is 92.1 Å². The first-order valence-electron chi connectivity index (χ1n) is 9.64. The Labute approximate surface area is 169 Å². The molecular formula is C22H24N4O3. The number of hydrogen-bond donors (Lipinski definition) is 1. The van der Waals surface area contributed by atoms with Crippen LogP contribution in [0, 0.1) is 10.1 Å². The maximum Gasteiger partial charge on any atom is 0.269 e. The highest BCUT2D eigenvalue weighted by Crippen LogP contribution is 2.18. The molecule has 0 saturated heterocycles. The Kier molecular flexibility index (Phi) is 6.73. The third-order valence-electron chi connectivity index (χ3n) is 4.81. The first-order valence-corrected chi connectivity index (χ1v) is 9.64. The van der Waals surface area contributed by atoms with Crippen LogP contribution in [0.2, 0.25) is 0 Å². The second kappa shape index (κ2) is 9.64. The second-order valence-electron chi connectivity index (χ2n) is 6.99. The van der Waals surface area contributed by atoms with Gasteiger partial charge in [0.1, 0.15) is 0 Å². The molecule has 0 aliphatic carbocycles. The summed E-state index contributed by atoms with van der Waals surface area (Å²) >= 11 is 0. The lowest BCUT2D eigenvalue weighted by molar-refractivity contribution is -0.384. The van der Waals surface area contributed by atoms with Crippen molar-refractivity contribution in [2.24, 2.45) is 0 Å². The number of nitrogens with zero attached hydrogens (tertiary/aromatic N) is 3. The molecule has 0 fully saturated rings. The van der Waals surface area contributed by atoms with E-state index < -0.39 is 4.92 Å². The third kappa shape index (κ3) is 5.51. The number of nitro benzene ring substituents is 1. The Morgan fingerprint density at radius 2 is 1.79 bits per heavy atom. The molecule has 7 nitrogen and oxygen atoms in total. The van der Waals surface area contributed by atoms with Gasteiger partial charge in [0.25, 0.3) is 11.6 Å². The van der Waals surface area contributed by atoms with Gasteiger partial charge in [0.2, 0.25) is 0 Å². The predicted molar refractivity (Wildman–Crippen MR) is 112 cm³/mol. The summed E-state index contributed by atoms with van der Waals surface area (Å²) in [5, 5.41) is 18.2. The lowest BCUT2D eigenvalue weighted by Crippen LogP contribution is -2.27. The number of H-pyrrole nitrogens is 1. The molecule has 0 spiro atoms. The molecule has 0 saturated carbocycles. The van der Waals surface area contributed by atoms with Crippen LogP contribution >= 0.6 is 0 Å². The van der Waals surface area contributed by atoms with Crippen molar-refractivity contribution in [2.45, 2.75) is 25.7 Å². The number of rotatable bonds is 9. The van der Waals surface area contributed by atoms with Gasteiger partial charge in [-0.15, -0.1) is 0 Å². The maximum absolute atomic E-state index is 12.4. The smallest absolute Gasteiger partial charge is 0.269 e. The van der Waals surface area contributed by atoms with E-state index in [1.54, 1.807) is 11.9 Å². The number of aromatic amines is 1. The third-order valence-corrected chi connectivity index (χ3v) is 4.81. The van der Waals surface area contributed by atoms with Gasteiger partial charge in [0, 0.05) is 42.5 Å². The summed E-state index contributed by atoms with van der Waals surface area (Å²) in [7, 11) is 1.75. The molecule has 3 rings (SSSR count). The Morgan fingerprint density at radius 1 is 1.07 bits per heavy atom. The van der Waals surface area contributed by atoms with Crippen LogP contribution in [-0.4, -0.2) is 39.5 Å². The predicted octanol–water partition coefficient (Wildman–Crippen LogP) is 4.47. The van der Waals surface area contributed by atoms with E-state index in [2.05, 4.69) is 16.3 Å². The van der Waals surface area contributed by atoms with E-state index in [0.29, 0.717) is 12.1 Å². The number of aryl methyl sites for hydroxylation is 1. The average molecular weight is 392 g/mol. The van der Waals surface area contributed by atoms with Gasteiger partial charge in [0.05, 0.1) is 10.6 Å². The van der Waals surface area contributed by atoms with Crippen LogP contribution in [0.5, 0.6) is 0 Å². The van der Waals surface area contributed by atoms with Crippen LogP contribution in [0.1, 0.15) is 35.3 Å². The van der Waals surface area contributed by atoms with Gasteiger partial charge in [-0.3, -0.25) is 20.0 Å². The van der Waals surface area contributed by atoms with Crippen molar-refractivity contribution in [1.29, 1.82) is 0 Å². The van der Waals surface area contributed by atoms with E-state index in [4.69, 9.17) is 0 Å². The number of non-ortho nitro benzene ring substituents is 1. The van der Waals surface area contributed by atoms with Gasteiger partial charge < -0.3 is 4.90 Å². The highest BCUT2D eigenvalue weighted by atomic mass is 16.6. The van der Waals surface area contributed by atoms with Gasteiger partial charge in [-0.1, -0.05) is 36.8 Å². The number of carbonyl (C=O) groups is 1.